The van der Waals surface area contributed by atoms with Gasteiger partial charge in [0.05, 0.1) is 12.7 Å². The minimum atomic E-state index is -0.960. The molecular formula is C21H26N2O4. The minimum Gasteiger partial charge on any atom is -0.394 e. The molecular weight excluding hydrogens is 344 g/mol. The number of hydrogen-bond donors (Lipinski definition) is 3. The molecule has 144 valence electrons. The number of aliphatic hydroxyl groups is 2. The summed E-state index contributed by atoms with van der Waals surface area (Å²) in [6.45, 7) is 3.49. The molecule has 0 aromatic heterocycles. The monoisotopic (exact) mass is 370 g/mol. The van der Waals surface area contributed by atoms with Crippen LogP contribution < -0.4 is 5.32 Å². The van der Waals surface area contributed by atoms with Gasteiger partial charge in [0.1, 0.15) is 0 Å². The fourth-order valence-electron chi connectivity index (χ4n) is 2.67. The molecule has 0 aliphatic carbocycles. The second-order valence-corrected chi connectivity index (χ2v) is 6.81. The number of carbonyl (C=O) groups is 2. The molecule has 1 atom stereocenters. The first kappa shape index (κ1) is 20.6. The predicted octanol–water partition coefficient (Wildman–Crippen LogP) is 1.92. The Morgan fingerprint density at radius 2 is 1.70 bits per heavy atom. The first-order chi connectivity index (χ1) is 12.8. The summed E-state index contributed by atoms with van der Waals surface area (Å²) in [6.07, 6.45) is -0.960. The second-order valence-electron chi connectivity index (χ2n) is 6.81. The summed E-state index contributed by atoms with van der Waals surface area (Å²) in [5, 5.41) is 21.2. The summed E-state index contributed by atoms with van der Waals surface area (Å²) >= 11 is 0. The van der Waals surface area contributed by atoms with Crippen molar-refractivity contribution in [2.45, 2.75) is 26.0 Å². The molecule has 0 aliphatic heterocycles. The van der Waals surface area contributed by atoms with Crippen molar-refractivity contribution in [1.82, 2.24) is 10.2 Å². The Balaban J connectivity index is 2.15. The molecule has 0 unspecified atom stereocenters. The standard InChI is InChI=1S/C21H26N2O4/c1-14(2)22-20(26)18-6-4-5-17(11-18)15-7-9-16(10-8-15)21(27)23(3)12-19(25)13-24/h4-11,14,19,24-25H,12-13H2,1-3H3,(H,22,26)/t19-/m1/s1. The Morgan fingerprint density at radius 3 is 2.30 bits per heavy atom. The van der Waals surface area contributed by atoms with Crippen LogP contribution in [0.25, 0.3) is 11.1 Å². The van der Waals surface area contributed by atoms with E-state index in [0.717, 1.165) is 11.1 Å². The van der Waals surface area contributed by atoms with Gasteiger partial charge < -0.3 is 20.4 Å². The second kappa shape index (κ2) is 9.30. The molecule has 0 saturated heterocycles. The van der Waals surface area contributed by atoms with Gasteiger partial charge in [-0.1, -0.05) is 24.3 Å². The molecule has 0 saturated carbocycles. The van der Waals surface area contributed by atoms with Gasteiger partial charge >= 0.3 is 0 Å². The molecule has 3 N–H and O–H groups in total. The van der Waals surface area contributed by atoms with Crippen LogP contribution in [0, 0.1) is 0 Å². The zero-order valence-corrected chi connectivity index (χ0v) is 15.8. The van der Waals surface area contributed by atoms with Crippen LogP contribution in [0.1, 0.15) is 34.6 Å². The molecule has 6 nitrogen and oxygen atoms in total. The van der Waals surface area contributed by atoms with Crippen molar-refractivity contribution < 1.29 is 19.8 Å². The average molecular weight is 370 g/mol. The molecule has 2 aromatic carbocycles. The Kier molecular flexibility index (Phi) is 7.10. The molecule has 2 amide bonds. The Bertz CT molecular complexity index is 787. The molecule has 27 heavy (non-hydrogen) atoms. The Morgan fingerprint density at radius 1 is 1.04 bits per heavy atom. The third kappa shape index (κ3) is 5.64. The number of amides is 2. The fraction of sp³-hybridized carbons (Fsp3) is 0.333. The summed E-state index contributed by atoms with van der Waals surface area (Å²) in [5.74, 6) is -0.359. The average Bonchev–Trinajstić information content (AvgIpc) is 2.67. The van der Waals surface area contributed by atoms with Crippen molar-refractivity contribution in [2.75, 3.05) is 20.2 Å². The summed E-state index contributed by atoms with van der Waals surface area (Å²) in [5.41, 5.74) is 2.84. The van der Waals surface area contributed by atoms with Crippen molar-refractivity contribution in [2.24, 2.45) is 0 Å². The van der Waals surface area contributed by atoms with Crippen molar-refractivity contribution in [3.63, 3.8) is 0 Å². The third-order valence-electron chi connectivity index (χ3n) is 4.05. The molecule has 2 aromatic rings. The van der Waals surface area contributed by atoms with Gasteiger partial charge in [-0.15, -0.1) is 0 Å². The van der Waals surface area contributed by atoms with Crippen molar-refractivity contribution >= 4 is 11.8 Å². The van der Waals surface area contributed by atoms with Crippen LogP contribution in [0.3, 0.4) is 0 Å². The lowest BCUT2D eigenvalue weighted by atomic mass is 10.0. The van der Waals surface area contributed by atoms with Gasteiger partial charge in [0.25, 0.3) is 11.8 Å². The molecule has 0 radical (unpaired) electrons. The van der Waals surface area contributed by atoms with Gasteiger partial charge in [0, 0.05) is 30.8 Å². The van der Waals surface area contributed by atoms with Crippen LogP contribution in [-0.4, -0.2) is 59.3 Å². The lowest BCUT2D eigenvalue weighted by Gasteiger charge is -2.19. The van der Waals surface area contributed by atoms with E-state index < -0.39 is 12.7 Å². The van der Waals surface area contributed by atoms with Crippen molar-refractivity contribution in [3.05, 3.63) is 59.7 Å². The zero-order chi connectivity index (χ0) is 20.0. The predicted molar refractivity (Wildman–Crippen MR) is 105 cm³/mol. The van der Waals surface area contributed by atoms with E-state index in [1.165, 1.54) is 4.90 Å². The van der Waals surface area contributed by atoms with E-state index in [0.29, 0.717) is 11.1 Å². The first-order valence-corrected chi connectivity index (χ1v) is 8.87. The van der Waals surface area contributed by atoms with Gasteiger partial charge in [-0.05, 0) is 49.2 Å². The summed E-state index contributed by atoms with van der Waals surface area (Å²) in [7, 11) is 1.58. The smallest absolute Gasteiger partial charge is 0.253 e. The molecule has 6 heteroatoms. The fourth-order valence-corrected chi connectivity index (χ4v) is 2.67. The highest BCUT2D eigenvalue weighted by Gasteiger charge is 2.15. The largest absolute Gasteiger partial charge is 0.394 e. The van der Waals surface area contributed by atoms with Gasteiger partial charge in [0.2, 0.25) is 0 Å². The van der Waals surface area contributed by atoms with Crippen LogP contribution in [0.4, 0.5) is 0 Å². The SMILES string of the molecule is CC(C)NC(=O)c1cccc(-c2ccc(C(=O)N(C)C[C@@H](O)CO)cc2)c1. The van der Waals surface area contributed by atoms with E-state index in [9.17, 15) is 14.7 Å². The number of likely N-dealkylation sites (N-methyl/N-ethyl adjacent to an activating group) is 1. The summed E-state index contributed by atoms with van der Waals surface area (Å²) in [4.78, 5) is 25.9. The highest BCUT2D eigenvalue weighted by atomic mass is 16.3. The van der Waals surface area contributed by atoms with Crippen LogP contribution in [-0.2, 0) is 0 Å². The van der Waals surface area contributed by atoms with Crippen LogP contribution in [0.5, 0.6) is 0 Å². The summed E-state index contributed by atoms with van der Waals surface area (Å²) < 4.78 is 0. The molecule has 0 heterocycles. The topological polar surface area (TPSA) is 89.9 Å². The van der Waals surface area contributed by atoms with E-state index in [1.807, 2.05) is 44.2 Å². The normalized spacial score (nSPS) is 11.9. The lowest BCUT2D eigenvalue weighted by Crippen LogP contribution is -2.35. The lowest BCUT2D eigenvalue weighted by molar-refractivity contribution is 0.0520. The first-order valence-electron chi connectivity index (χ1n) is 8.87. The number of rotatable bonds is 7. The molecule has 0 spiro atoms. The van der Waals surface area contributed by atoms with Crippen molar-refractivity contribution in [3.8, 4) is 11.1 Å². The molecule has 0 aliphatic rings. The van der Waals surface area contributed by atoms with Crippen molar-refractivity contribution in [1.29, 1.82) is 0 Å². The molecule has 0 bridgehead atoms. The van der Waals surface area contributed by atoms with Crippen LogP contribution in [0.15, 0.2) is 48.5 Å². The number of nitrogens with one attached hydrogen (secondary N) is 1. The highest BCUT2D eigenvalue weighted by Crippen LogP contribution is 2.21. The Labute approximate surface area is 159 Å². The Hall–Kier alpha value is -2.70. The van der Waals surface area contributed by atoms with Gasteiger partial charge in [-0.3, -0.25) is 9.59 Å². The molecule has 2 rings (SSSR count). The maximum Gasteiger partial charge on any atom is 0.253 e. The number of nitrogens with zero attached hydrogens (tertiary/aromatic N) is 1. The van der Waals surface area contributed by atoms with Gasteiger partial charge in [-0.2, -0.15) is 0 Å². The van der Waals surface area contributed by atoms with Crippen LogP contribution >= 0.6 is 0 Å². The van der Waals surface area contributed by atoms with Crippen LogP contribution in [0.2, 0.25) is 0 Å². The van der Waals surface area contributed by atoms with E-state index in [4.69, 9.17) is 5.11 Å². The highest BCUT2D eigenvalue weighted by molar-refractivity contribution is 5.96. The number of hydrogen-bond acceptors (Lipinski definition) is 4. The maximum absolute atomic E-state index is 12.4. The minimum absolute atomic E-state index is 0.0596. The number of carbonyl (C=O) groups excluding carboxylic acids is 2. The maximum atomic E-state index is 12.4. The van der Waals surface area contributed by atoms with Gasteiger partial charge in [-0.25, -0.2) is 0 Å². The summed E-state index contributed by atoms with van der Waals surface area (Å²) in [6, 6.07) is 14.4. The van der Waals surface area contributed by atoms with E-state index in [1.54, 1.807) is 25.2 Å². The van der Waals surface area contributed by atoms with Gasteiger partial charge in [0.15, 0.2) is 0 Å². The van der Waals surface area contributed by atoms with E-state index in [-0.39, 0.29) is 24.4 Å². The number of benzene rings is 2. The molecule has 0 fully saturated rings. The zero-order valence-electron chi connectivity index (χ0n) is 15.8. The van der Waals surface area contributed by atoms with E-state index >= 15 is 0 Å². The third-order valence-corrected chi connectivity index (χ3v) is 4.05. The number of aliphatic hydroxyl groups excluding tert-OH is 2. The quantitative estimate of drug-likeness (QED) is 0.695. The van der Waals surface area contributed by atoms with E-state index in [2.05, 4.69) is 5.32 Å².